The number of hydrogen-bond donors (Lipinski definition) is 2. The maximum Gasteiger partial charge on any atom is 0.284 e. The van der Waals surface area contributed by atoms with Crippen molar-refractivity contribution in [1.82, 2.24) is 24.6 Å². The predicted octanol–water partition coefficient (Wildman–Crippen LogP) is 7.92. The third kappa shape index (κ3) is 6.72. The van der Waals surface area contributed by atoms with Crippen LogP contribution in [0, 0.1) is 18.8 Å². The van der Waals surface area contributed by atoms with Gasteiger partial charge in [-0.1, -0.05) is 26.2 Å². The lowest BCUT2D eigenvalue weighted by atomic mass is 9.91. The number of nitrogens with one attached hydrogen (secondary N) is 2. The number of allylic oxidation sites excluding steroid dienone is 1. The molecule has 5 aromatic rings. The first kappa shape index (κ1) is 30.0. The van der Waals surface area contributed by atoms with E-state index >= 15 is 4.39 Å². The third-order valence-corrected chi connectivity index (χ3v) is 8.16. The molecule has 232 valence electrons. The first-order chi connectivity index (χ1) is 21.9. The van der Waals surface area contributed by atoms with Crippen LogP contribution in [0.15, 0.2) is 73.2 Å². The zero-order valence-corrected chi connectivity index (χ0v) is 25.6. The zero-order valence-electron chi connectivity index (χ0n) is 25.6. The quantitative estimate of drug-likeness (QED) is 0.145. The van der Waals surface area contributed by atoms with Gasteiger partial charge in [-0.15, -0.1) is 0 Å². The Morgan fingerprint density at radius 1 is 1.07 bits per heavy atom. The average Bonchev–Trinajstić information content (AvgIpc) is 3.68. The van der Waals surface area contributed by atoms with Crippen molar-refractivity contribution in [3.05, 3.63) is 78.8 Å². The highest BCUT2D eigenvalue weighted by Gasteiger charge is 2.27. The number of amides is 1. The molecule has 2 atom stereocenters. The second-order valence-corrected chi connectivity index (χ2v) is 11.3. The molecule has 3 aromatic heterocycles. The molecule has 45 heavy (non-hydrogen) atoms. The molecule has 0 spiro atoms. The normalized spacial score (nSPS) is 16.7. The van der Waals surface area contributed by atoms with Gasteiger partial charge in [-0.05, 0) is 80.5 Å². The zero-order chi connectivity index (χ0) is 31.3. The van der Waals surface area contributed by atoms with E-state index in [4.69, 9.17) is 9.47 Å². The van der Waals surface area contributed by atoms with Crippen LogP contribution in [-0.4, -0.2) is 37.1 Å². The Morgan fingerprint density at radius 3 is 2.78 bits per heavy atom. The number of aryl methyl sites for hydroxylation is 1. The summed E-state index contributed by atoms with van der Waals surface area (Å²) in [4.78, 5) is 26.1. The molecular weight excluding hydrogens is 573 g/mol. The minimum Gasteiger partial charge on any atom is -0.492 e. The molecule has 2 aromatic carbocycles. The van der Waals surface area contributed by atoms with Gasteiger partial charge < -0.3 is 20.1 Å². The number of halogens is 1. The highest BCUT2D eigenvalue weighted by atomic mass is 19.1. The Hall–Kier alpha value is -5.06. The monoisotopic (exact) mass is 609 g/mol. The Kier molecular flexibility index (Phi) is 8.86. The second-order valence-electron chi connectivity index (χ2n) is 11.3. The van der Waals surface area contributed by atoms with Crippen molar-refractivity contribution in [2.45, 2.75) is 52.9 Å². The lowest BCUT2D eigenvalue weighted by Gasteiger charge is -2.16. The fourth-order valence-corrected chi connectivity index (χ4v) is 5.98. The Labute approximate surface area is 260 Å². The summed E-state index contributed by atoms with van der Waals surface area (Å²) in [5.74, 6) is 1.21. The molecule has 0 saturated heterocycles. The van der Waals surface area contributed by atoms with Gasteiger partial charge in [-0.3, -0.25) is 4.79 Å². The van der Waals surface area contributed by atoms with Crippen LogP contribution in [0.5, 0.6) is 17.2 Å². The largest absolute Gasteiger partial charge is 0.492 e. The Morgan fingerprint density at radius 2 is 1.96 bits per heavy atom. The number of carbonyl (C=O) groups is 1. The minimum absolute atomic E-state index is 0.0839. The van der Waals surface area contributed by atoms with Crippen molar-refractivity contribution in [2.75, 3.05) is 17.2 Å². The number of anilines is 3. The number of benzene rings is 2. The van der Waals surface area contributed by atoms with Crippen LogP contribution in [0.3, 0.4) is 0 Å². The molecule has 3 heterocycles. The smallest absolute Gasteiger partial charge is 0.284 e. The van der Waals surface area contributed by atoms with E-state index in [-0.39, 0.29) is 5.92 Å². The van der Waals surface area contributed by atoms with Crippen LogP contribution in [0.1, 0.15) is 51.5 Å². The molecule has 0 aliphatic heterocycles. The van der Waals surface area contributed by atoms with E-state index in [1.54, 1.807) is 22.8 Å². The summed E-state index contributed by atoms with van der Waals surface area (Å²) in [6, 6.07) is 12.8. The van der Waals surface area contributed by atoms with E-state index in [1.165, 1.54) is 18.7 Å². The van der Waals surface area contributed by atoms with Gasteiger partial charge in [0.25, 0.3) is 5.91 Å². The first-order valence-corrected chi connectivity index (χ1v) is 15.4. The van der Waals surface area contributed by atoms with Crippen molar-refractivity contribution < 1.29 is 18.7 Å². The number of ether oxygens (including phenoxy) is 2. The number of hydrogen-bond acceptors (Lipinski definition) is 8. The molecule has 10 nitrogen and oxygen atoms in total. The third-order valence-electron chi connectivity index (χ3n) is 8.16. The van der Waals surface area contributed by atoms with E-state index in [0.717, 1.165) is 43.4 Å². The SMILES string of the molecule is CCCC1CCC[C@H]1/C=C(/F)C(=O)Nc1cc2c(Nc3ccc(Oc4ccn5ncnc5c4)c(C)c3)ncnc2cc1OCC. The topological polar surface area (TPSA) is 116 Å². The van der Waals surface area contributed by atoms with Gasteiger partial charge in [0.15, 0.2) is 11.5 Å². The van der Waals surface area contributed by atoms with E-state index in [9.17, 15) is 4.79 Å². The Bertz CT molecular complexity index is 1870. The molecule has 1 aliphatic carbocycles. The fraction of sp³-hybridized carbons (Fsp3) is 0.324. The predicted molar refractivity (Wildman–Crippen MR) is 172 cm³/mol. The van der Waals surface area contributed by atoms with Crippen molar-refractivity contribution >= 4 is 39.6 Å². The lowest BCUT2D eigenvalue weighted by Crippen LogP contribution is -2.15. The summed E-state index contributed by atoms with van der Waals surface area (Å²) in [6.45, 7) is 6.30. The number of carbonyl (C=O) groups excluding carboxylic acids is 1. The molecule has 1 aliphatic rings. The van der Waals surface area contributed by atoms with E-state index in [1.807, 2.05) is 44.2 Å². The molecule has 1 fully saturated rings. The van der Waals surface area contributed by atoms with Crippen molar-refractivity contribution in [3.63, 3.8) is 0 Å². The summed E-state index contributed by atoms with van der Waals surface area (Å²) in [5.41, 5.74) is 3.32. The second kappa shape index (κ2) is 13.3. The molecule has 1 unspecified atom stereocenters. The van der Waals surface area contributed by atoms with Gasteiger partial charge in [0, 0.05) is 29.4 Å². The van der Waals surface area contributed by atoms with Crippen molar-refractivity contribution in [2.24, 2.45) is 11.8 Å². The van der Waals surface area contributed by atoms with Crippen molar-refractivity contribution in [3.8, 4) is 17.2 Å². The van der Waals surface area contributed by atoms with Gasteiger partial charge in [-0.25, -0.2) is 23.9 Å². The minimum atomic E-state index is -0.793. The van der Waals surface area contributed by atoms with E-state index < -0.39 is 11.7 Å². The summed E-state index contributed by atoms with van der Waals surface area (Å²) >= 11 is 0. The van der Waals surface area contributed by atoms with Gasteiger partial charge in [0.2, 0.25) is 0 Å². The van der Waals surface area contributed by atoms with Crippen molar-refractivity contribution in [1.29, 1.82) is 0 Å². The molecule has 0 bridgehead atoms. The van der Waals surface area contributed by atoms with Crippen LogP contribution in [0.4, 0.5) is 21.6 Å². The molecule has 6 rings (SSSR count). The number of pyridine rings is 1. The fourth-order valence-electron chi connectivity index (χ4n) is 5.98. The Balaban J connectivity index is 1.23. The van der Waals surface area contributed by atoms with Crippen LogP contribution in [-0.2, 0) is 4.79 Å². The summed E-state index contributed by atoms with van der Waals surface area (Å²) in [5, 5.41) is 10.8. The van der Waals surface area contributed by atoms with Crippen LogP contribution in [0.25, 0.3) is 16.6 Å². The molecule has 1 amide bonds. The van der Waals surface area contributed by atoms with Crippen LogP contribution < -0.4 is 20.1 Å². The average molecular weight is 610 g/mol. The van der Waals surface area contributed by atoms with Gasteiger partial charge >= 0.3 is 0 Å². The molecule has 0 radical (unpaired) electrons. The van der Waals surface area contributed by atoms with Gasteiger partial charge in [0.05, 0.1) is 17.8 Å². The molecular formula is C34H36FN7O3. The number of fused-ring (bicyclic) bond motifs is 2. The van der Waals surface area contributed by atoms with Gasteiger partial charge in [0.1, 0.15) is 35.7 Å². The molecule has 11 heteroatoms. The molecule has 1 saturated carbocycles. The lowest BCUT2D eigenvalue weighted by molar-refractivity contribution is -0.114. The van der Waals surface area contributed by atoms with E-state index in [0.29, 0.717) is 57.8 Å². The van der Waals surface area contributed by atoms with Crippen LogP contribution in [0.2, 0.25) is 0 Å². The van der Waals surface area contributed by atoms with Crippen LogP contribution >= 0.6 is 0 Å². The molecule has 2 N–H and O–H groups in total. The van der Waals surface area contributed by atoms with Gasteiger partial charge in [-0.2, -0.15) is 5.10 Å². The summed E-state index contributed by atoms with van der Waals surface area (Å²) < 4.78 is 28.7. The number of rotatable bonds is 11. The maximum atomic E-state index is 15.2. The maximum absolute atomic E-state index is 15.2. The number of aromatic nitrogens is 5. The van der Waals surface area contributed by atoms with E-state index in [2.05, 4.69) is 37.6 Å². The first-order valence-electron chi connectivity index (χ1n) is 15.4. The standard InChI is InChI=1S/C34H36FN7O3/c1-4-7-22-8-6-9-23(22)15-27(35)34(43)41-29-17-26-28(18-31(29)44-5-2)36-19-38-33(26)40-24-10-11-30(21(3)14-24)45-25-12-13-42-32(16-25)37-20-39-42/h10-20,22-23H,4-9H2,1-3H3,(H,41,43)(H,36,38,40)/b27-15+/t22?,23-/m0/s1. The summed E-state index contributed by atoms with van der Waals surface area (Å²) in [6.07, 6.45) is 11.4. The number of nitrogens with zero attached hydrogens (tertiary/aromatic N) is 5. The highest BCUT2D eigenvalue weighted by molar-refractivity contribution is 6.05. The summed E-state index contributed by atoms with van der Waals surface area (Å²) in [7, 11) is 0. The highest BCUT2D eigenvalue weighted by Crippen LogP contribution is 2.38.